The van der Waals surface area contributed by atoms with E-state index in [2.05, 4.69) is 15.6 Å². The average molecular weight is 322 g/mol. The van der Waals surface area contributed by atoms with E-state index in [0.717, 1.165) is 5.69 Å². The Kier molecular flexibility index (Phi) is 3.99. The predicted molar refractivity (Wildman–Crippen MR) is 85.3 cm³/mol. The molecule has 0 aliphatic heterocycles. The standard InChI is InChI=1S/C15H13Cl2N3O/c16-11-2-1-3-12(17)14(11)20-15(21)13-8-10(6-7-18-13)19-9-4-5-9/h1-3,6-9H,4-5H2,(H,18,19)(H,20,21). The number of carbonyl (C=O) groups excluding carboxylic acids is 1. The smallest absolute Gasteiger partial charge is 0.274 e. The van der Waals surface area contributed by atoms with Gasteiger partial charge < -0.3 is 10.6 Å². The van der Waals surface area contributed by atoms with Crippen LogP contribution in [0.15, 0.2) is 36.5 Å². The number of hydrogen-bond acceptors (Lipinski definition) is 3. The predicted octanol–water partition coefficient (Wildman–Crippen LogP) is 4.22. The molecular weight excluding hydrogens is 309 g/mol. The summed E-state index contributed by atoms with van der Waals surface area (Å²) in [6.07, 6.45) is 3.94. The Morgan fingerprint density at radius 1 is 1.19 bits per heavy atom. The van der Waals surface area contributed by atoms with Crippen LogP contribution in [0, 0.1) is 0 Å². The van der Waals surface area contributed by atoms with E-state index in [4.69, 9.17) is 23.2 Å². The first kappa shape index (κ1) is 14.2. The lowest BCUT2D eigenvalue weighted by Gasteiger charge is -2.10. The second-order valence-corrected chi connectivity index (χ2v) is 5.71. The molecule has 4 nitrogen and oxygen atoms in total. The van der Waals surface area contributed by atoms with Gasteiger partial charge in [-0.1, -0.05) is 29.3 Å². The summed E-state index contributed by atoms with van der Waals surface area (Å²) in [4.78, 5) is 16.3. The molecule has 1 aromatic heterocycles. The Morgan fingerprint density at radius 2 is 1.90 bits per heavy atom. The van der Waals surface area contributed by atoms with E-state index in [1.165, 1.54) is 12.8 Å². The molecule has 108 valence electrons. The number of benzene rings is 1. The number of halogens is 2. The van der Waals surface area contributed by atoms with Crippen LogP contribution in [-0.4, -0.2) is 16.9 Å². The molecule has 1 saturated carbocycles. The summed E-state index contributed by atoms with van der Waals surface area (Å²) in [7, 11) is 0. The van der Waals surface area contributed by atoms with Gasteiger partial charge in [0, 0.05) is 17.9 Å². The summed E-state index contributed by atoms with van der Waals surface area (Å²) in [5.41, 5.74) is 1.60. The molecular formula is C15H13Cl2N3O. The Balaban J connectivity index is 1.78. The van der Waals surface area contributed by atoms with Crippen molar-refractivity contribution in [1.82, 2.24) is 4.98 Å². The number of hydrogen-bond donors (Lipinski definition) is 2. The molecule has 0 atom stereocenters. The van der Waals surface area contributed by atoms with Gasteiger partial charge in [-0.15, -0.1) is 0 Å². The molecule has 1 heterocycles. The number of aromatic nitrogens is 1. The molecule has 0 bridgehead atoms. The SMILES string of the molecule is O=C(Nc1c(Cl)cccc1Cl)c1cc(NC2CC2)ccn1. The van der Waals surface area contributed by atoms with Gasteiger partial charge in [-0.3, -0.25) is 9.78 Å². The highest BCUT2D eigenvalue weighted by molar-refractivity contribution is 6.40. The molecule has 2 N–H and O–H groups in total. The molecule has 0 saturated heterocycles. The van der Waals surface area contributed by atoms with E-state index in [9.17, 15) is 4.79 Å². The van der Waals surface area contributed by atoms with Gasteiger partial charge >= 0.3 is 0 Å². The van der Waals surface area contributed by atoms with Gasteiger partial charge in [0.25, 0.3) is 5.91 Å². The van der Waals surface area contributed by atoms with Crippen molar-refractivity contribution in [2.75, 3.05) is 10.6 Å². The molecule has 21 heavy (non-hydrogen) atoms. The zero-order valence-corrected chi connectivity index (χ0v) is 12.6. The largest absolute Gasteiger partial charge is 0.382 e. The molecule has 6 heteroatoms. The van der Waals surface area contributed by atoms with Crippen molar-refractivity contribution in [2.24, 2.45) is 0 Å². The van der Waals surface area contributed by atoms with Crippen molar-refractivity contribution in [3.05, 3.63) is 52.3 Å². The van der Waals surface area contributed by atoms with Crippen LogP contribution in [0.4, 0.5) is 11.4 Å². The first-order chi connectivity index (χ1) is 10.1. The fraction of sp³-hybridized carbons (Fsp3) is 0.200. The van der Waals surface area contributed by atoms with Crippen molar-refractivity contribution in [1.29, 1.82) is 0 Å². The summed E-state index contributed by atoms with van der Waals surface area (Å²) in [5, 5.41) is 6.81. The van der Waals surface area contributed by atoms with Crippen LogP contribution >= 0.6 is 23.2 Å². The van der Waals surface area contributed by atoms with Crippen LogP contribution in [-0.2, 0) is 0 Å². The summed E-state index contributed by atoms with van der Waals surface area (Å²) in [6.45, 7) is 0. The fourth-order valence-electron chi connectivity index (χ4n) is 1.90. The first-order valence-corrected chi connectivity index (χ1v) is 7.37. The number of para-hydroxylation sites is 1. The van der Waals surface area contributed by atoms with E-state index in [1.807, 2.05) is 6.07 Å². The molecule has 3 rings (SSSR count). The number of anilines is 2. The number of pyridine rings is 1. The van der Waals surface area contributed by atoms with E-state index >= 15 is 0 Å². The van der Waals surface area contributed by atoms with Gasteiger partial charge in [0.1, 0.15) is 5.69 Å². The van der Waals surface area contributed by atoms with Crippen LogP contribution in [0.25, 0.3) is 0 Å². The lowest BCUT2D eigenvalue weighted by atomic mass is 10.2. The second-order valence-electron chi connectivity index (χ2n) is 4.90. The number of nitrogens with one attached hydrogen (secondary N) is 2. The van der Waals surface area contributed by atoms with Gasteiger partial charge in [0.15, 0.2) is 0 Å². The number of rotatable bonds is 4. The first-order valence-electron chi connectivity index (χ1n) is 6.61. The third kappa shape index (κ3) is 3.46. The van der Waals surface area contributed by atoms with Crippen molar-refractivity contribution in [3.63, 3.8) is 0 Å². The molecule has 0 spiro atoms. The van der Waals surface area contributed by atoms with E-state index < -0.39 is 0 Å². The van der Waals surface area contributed by atoms with Crippen molar-refractivity contribution < 1.29 is 4.79 Å². The summed E-state index contributed by atoms with van der Waals surface area (Å²) in [5.74, 6) is -0.343. The minimum absolute atomic E-state index is 0.316. The van der Waals surface area contributed by atoms with Crippen molar-refractivity contribution in [3.8, 4) is 0 Å². The Labute approximate surface area is 132 Å². The molecule has 2 aromatic rings. The lowest BCUT2D eigenvalue weighted by molar-refractivity contribution is 0.102. The van der Waals surface area contributed by atoms with Crippen molar-refractivity contribution >= 4 is 40.5 Å². The Hall–Kier alpha value is -1.78. The van der Waals surface area contributed by atoms with Gasteiger partial charge in [0.2, 0.25) is 0 Å². The number of amides is 1. The van der Waals surface area contributed by atoms with E-state index in [1.54, 1.807) is 30.5 Å². The number of carbonyl (C=O) groups is 1. The maximum atomic E-state index is 12.3. The summed E-state index contributed by atoms with van der Waals surface area (Å²) >= 11 is 12.1. The highest BCUT2D eigenvalue weighted by Gasteiger charge is 2.21. The van der Waals surface area contributed by atoms with Crippen LogP contribution in [0.5, 0.6) is 0 Å². The zero-order valence-electron chi connectivity index (χ0n) is 11.1. The molecule has 1 aliphatic carbocycles. The molecule has 1 aromatic carbocycles. The number of nitrogens with zero attached hydrogens (tertiary/aromatic N) is 1. The highest BCUT2D eigenvalue weighted by atomic mass is 35.5. The minimum atomic E-state index is -0.343. The van der Waals surface area contributed by atoms with E-state index in [0.29, 0.717) is 27.5 Å². The Morgan fingerprint density at radius 3 is 2.57 bits per heavy atom. The molecule has 1 aliphatic rings. The maximum Gasteiger partial charge on any atom is 0.274 e. The minimum Gasteiger partial charge on any atom is -0.382 e. The average Bonchev–Trinajstić information content (AvgIpc) is 3.27. The molecule has 1 amide bonds. The van der Waals surface area contributed by atoms with Crippen LogP contribution < -0.4 is 10.6 Å². The molecule has 0 unspecified atom stereocenters. The van der Waals surface area contributed by atoms with Crippen LogP contribution in [0.1, 0.15) is 23.3 Å². The second kappa shape index (κ2) is 5.92. The van der Waals surface area contributed by atoms with Crippen LogP contribution in [0.3, 0.4) is 0 Å². The summed E-state index contributed by atoms with van der Waals surface area (Å²) < 4.78 is 0. The summed E-state index contributed by atoms with van der Waals surface area (Å²) in [6, 6.07) is 9.14. The zero-order chi connectivity index (χ0) is 14.8. The highest BCUT2D eigenvalue weighted by Crippen LogP contribution is 2.30. The Bertz CT molecular complexity index is 666. The van der Waals surface area contributed by atoms with Crippen LogP contribution in [0.2, 0.25) is 10.0 Å². The third-order valence-electron chi connectivity index (χ3n) is 3.14. The quantitative estimate of drug-likeness (QED) is 0.886. The van der Waals surface area contributed by atoms with Gasteiger partial charge in [0.05, 0.1) is 15.7 Å². The van der Waals surface area contributed by atoms with Gasteiger partial charge in [-0.2, -0.15) is 0 Å². The molecule has 0 radical (unpaired) electrons. The van der Waals surface area contributed by atoms with Crippen molar-refractivity contribution in [2.45, 2.75) is 18.9 Å². The normalized spacial score (nSPS) is 13.8. The van der Waals surface area contributed by atoms with Gasteiger partial charge in [-0.25, -0.2) is 0 Å². The topological polar surface area (TPSA) is 54.0 Å². The van der Waals surface area contributed by atoms with E-state index in [-0.39, 0.29) is 5.91 Å². The lowest BCUT2D eigenvalue weighted by Crippen LogP contribution is -2.15. The monoisotopic (exact) mass is 321 g/mol. The molecule has 1 fully saturated rings. The third-order valence-corrected chi connectivity index (χ3v) is 3.77. The fourth-order valence-corrected chi connectivity index (χ4v) is 2.39. The maximum absolute atomic E-state index is 12.3. The van der Waals surface area contributed by atoms with Gasteiger partial charge in [-0.05, 0) is 37.1 Å².